The molecule has 0 atom stereocenters. The van der Waals surface area contributed by atoms with Crippen molar-refractivity contribution in [1.82, 2.24) is 0 Å². The second-order valence-corrected chi connectivity index (χ2v) is 6.79. The molecule has 1 heterocycles. The molecule has 1 aliphatic rings. The molecule has 0 spiro atoms. The van der Waals surface area contributed by atoms with Crippen molar-refractivity contribution in [2.45, 2.75) is 0 Å². The largest absolute Gasteiger partial charge is 0.508 e. The number of rotatable bonds is 2. The van der Waals surface area contributed by atoms with Crippen LogP contribution >= 0.6 is 0 Å². The number of phenolic OH excluding ortho intramolecular Hbond substituents is 1. The van der Waals surface area contributed by atoms with E-state index in [1.165, 1.54) is 0 Å². The van der Waals surface area contributed by atoms with Gasteiger partial charge < -0.3 is 19.8 Å². The minimum atomic E-state index is -1.02. The molecule has 0 fully saturated rings. The van der Waals surface area contributed by atoms with Gasteiger partial charge in [0.15, 0.2) is 0 Å². The summed E-state index contributed by atoms with van der Waals surface area (Å²) in [6, 6.07) is 17.4. The molecular weight excluding hydrogens is 366 g/mol. The fourth-order valence-electron chi connectivity index (χ4n) is 3.38. The third kappa shape index (κ3) is 3.74. The molecule has 3 aromatic rings. The molecule has 29 heavy (non-hydrogen) atoms. The number of anilines is 1. The lowest BCUT2D eigenvalue weighted by Gasteiger charge is -2.28. The molecule has 0 unspecified atom stereocenters. The fraction of sp³-hybridized carbons (Fsp3) is 0.125. The van der Waals surface area contributed by atoms with Crippen LogP contribution in [0, 0.1) is 11.8 Å². The molecule has 0 saturated heterocycles. The fourth-order valence-corrected chi connectivity index (χ4v) is 3.38. The summed E-state index contributed by atoms with van der Waals surface area (Å²) in [5.41, 5.74) is 3.67. The summed E-state index contributed by atoms with van der Waals surface area (Å²) in [5, 5.41) is 19.4. The van der Waals surface area contributed by atoms with Gasteiger partial charge in [0.2, 0.25) is 0 Å². The SMILES string of the molecule is CN1CCOc2cc(-c3c(C#Cc4cccc(O)c4)cccc3C(=O)O)ccc21. The Kier molecular flexibility index (Phi) is 4.84. The number of phenols is 1. The van der Waals surface area contributed by atoms with E-state index in [0.29, 0.717) is 23.3 Å². The van der Waals surface area contributed by atoms with Gasteiger partial charge in [-0.05, 0) is 48.0 Å². The first-order valence-electron chi connectivity index (χ1n) is 9.18. The molecule has 1 aliphatic heterocycles. The Hall–Kier alpha value is -3.91. The second kappa shape index (κ2) is 7.61. The van der Waals surface area contributed by atoms with Crippen molar-refractivity contribution in [2.24, 2.45) is 0 Å². The average molecular weight is 385 g/mol. The topological polar surface area (TPSA) is 70.0 Å². The molecule has 2 N–H and O–H groups in total. The predicted octanol–water partition coefficient (Wildman–Crippen LogP) is 3.99. The van der Waals surface area contributed by atoms with Crippen LogP contribution in [-0.4, -0.2) is 36.4 Å². The molecule has 5 heteroatoms. The molecular formula is C24H19NO4. The zero-order valence-corrected chi connectivity index (χ0v) is 15.8. The number of ether oxygens (including phenoxy) is 1. The second-order valence-electron chi connectivity index (χ2n) is 6.79. The lowest BCUT2D eigenvalue weighted by atomic mass is 9.93. The van der Waals surface area contributed by atoms with Crippen LogP contribution in [0.1, 0.15) is 21.5 Å². The molecule has 0 aromatic heterocycles. The normalized spacial score (nSPS) is 12.4. The molecule has 0 amide bonds. The highest BCUT2D eigenvalue weighted by Crippen LogP contribution is 2.37. The minimum absolute atomic E-state index is 0.132. The summed E-state index contributed by atoms with van der Waals surface area (Å²) < 4.78 is 5.79. The maximum Gasteiger partial charge on any atom is 0.336 e. The summed E-state index contributed by atoms with van der Waals surface area (Å²) in [6.45, 7) is 1.39. The van der Waals surface area contributed by atoms with E-state index in [1.54, 1.807) is 42.5 Å². The number of benzene rings is 3. The highest BCUT2D eigenvalue weighted by atomic mass is 16.5. The Morgan fingerprint density at radius 2 is 1.90 bits per heavy atom. The lowest BCUT2D eigenvalue weighted by Crippen LogP contribution is -2.28. The van der Waals surface area contributed by atoms with Gasteiger partial charge in [0.1, 0.15) is 18.1 Å². The van der Waals surface area contributed by atoms with Crippen molar-refractivity contribution in [3.63, 3.8) is 0 Å². The lowest BCUT2D eigenvalue weighted by molar-refractivity contribution is 0.0697. The van der Waals surface area contributed by atoms with Crippen molar-refractivity contribution in [3.8, 4) is 34.5 Å². The van der Waals surface area contributed by atoms with E-state index in [9.17, 15) is 15.0 Å². The van der Waals surface area contributed by atoms with Crippen LogP contribution in [0.3, 0.4) is 0 Å². The van der Waals surface area contributed by atoms with Crippen molar-refractivity contribution >= 4 is 11.7 Å². The zero-order chi connectivity index (χ0) is 20.4. The van der Waals surface area contributed by atoms with E-state index < -0.39 is 5.97 Å². The van der Waals surface area contributed by atoms with Gasteiger partial charge in [-0.1, -0.05) is 30.0 Å². The number of likely N-dealkylation sites (N-methyl/N-ethyl adjacent to an activating group) is 1. The number of nitrogens with zero attached hydrogens (tertiary/aromatic N) is 1. The van der Waals surface area contributed by atoms with E-state index in [-0.39, 0.29) is 11.3 Å². The Morgan fingerprint density at radius 1 is 1.07 bits per heavy atom. The monoisotopic (exact) mass is 385 g/mol. The number of carboxylic acids is 1. The zero-order valence-electron chi connectivity index (χ0n) is 15.8. The average Bonchev–Trinajstić information content (AvgIpc) is 2.72. The van der Waals surface area contributed by atoms with Gasteiger partial charge in [0.25, 0.3) is 0 Å². The smallest absolute Gasteiger partial charge is 0.336 e. The molecule has 144 valence electrons. The van der Waals surface area contributed by atoms with Crippen LogP contribution in [0.25, 0.3) is 11.1 Å². The van der Waals surface area contributed by atoms with Gasteiger partial charge in [0.05, 0.1) is 17.8 Å². The predicted molar refractivity (Wildman–Crippen MR) is 112 cm³/mol. The van der Waals surface area contributed by atoms with Crippen LogP contribution in [-0.2, 0) is 0 Å². The summed E-state index contributed by atoms with van der Waals surface area (Å²) in [6.07, 6.45) is 0. The van der Waals surface area contributed by atoms with Crippen molar-refractivity contribution in [1.29, 1.82) is 0 Å². The third-order valence-electron chi connectivity index (χ3n) is 4.83. The summed E-state index contributed by atoms with van der Waals surface area (Å²) in [7, 11) is 2.00. The van der Waals surface area contributed by atoms with E-state index in [2.05, 4.69) is 16.7 Å². The van der Waals surface area contributed by atoms with E-state index in [4.69, 9.17) is 4.74 Å². The summed E-state index contributed by atoms with van der Waals surface area (Å²) in [5.74, 6) is 5.91. The van der Waals surface area contributed by atoms with Crippen LogP contribution in [0.2, 0.25) is 0 Å². The highest BCUT2D eigenvalue weighted by Gasteiger charge is 2.19. The van der Waals surface area contributed by atoms with Gasteiger partial charge in [-0.25, -0.2) is 4.79 Å². The van der Waals surface area contributed by atoms with Crippen molar-refractivity contribution in [2.75, 3.05) is 25.1 Å². The van der Waals surface area contributed by atoms with Crippen molar-refractivity contribution in [3.05, 3.63) is 77.4 Å². The van der Waals surface area contributed by atoms with Crippen LogP contribution in [0.5, 0.6) is 11.5 Å². The van der Waals surface area contributed by atoms with Crippen molar-refractivity contribution < 1.29 is 19.7 Å². The number of aromatic hydroxyl groups is 1. The Bertz CT molecular complexity index is 1160. The Balaban J connectivity index is 1.85. The van der Waals surface area contributed by atoms with Gasteiger partial charge >= 0.3 is 5.97 Å². The molecule has 3 aromatic carbocycles. The third-order valence-corrected chi connectivity index (χ3v) is 4.83. The molecule has 0 bridgehead atoms. The summed E-state index contributed by atoms with van der Waals surface area (Å²) >= 11 is 0. The Morgan fingerprint density at radius 3 is 2.69 bits per heavy atom. The quantitative estimate of drug-likeness (QED) is 0.653. The first kappa shape index (κ1) is 18.5. The number of carboxylic acid groups (broad SMARTS) is 1. The molecule has 0 aliphatic carbocycles. The van der Waals surface area contributed by atoms with E-state index >= 15 is 0 Å². The van der Waals surface area contributed by atoms with E-state index in [1.807, 2.05) is 25.2 Å². The first-order valence-corrected chi connectivity index (χ1v) is 9.18. The maximum atomic E-state index is 11.9. The van der Waals surface area contributed by atoms with Gasteiger partial charge in [0, 0.05) is 23.7 Å². The van der Waals surface area contributed by atoms with Gasteiger partial charge in [-0.15, -0.1) is 0 Å². The van der Waals surface area contributed by atoms with Crippen LogP contribution in [0.4, 0.5) is 5.69 Å². The number of hydrogen-bond donors (Lipinski definition) is 2. The van der Waals surface area contributed by atoms with Gasteiger partial charge in [-0.3, -0.25) is 0 Å². The number of fused-ring (bicyclic) bond motifs is 1. The number of hydrogen-bond acceptors (Lipinski definition) is 4. The molecule has 5 nitrogen and oxygen atoms in total. The standard InChI is InChI=1S/C24H19NO4/c1-25-12-13-29-22-15-18(10-11-21(22)25)23-17(5-3-7-20(23)24(27)28)9-8-16-4-2-6-19(26)14-16/h2-7,10-11,14-15,26H,12-13H2,1H3,(H,27,28). The first-order chi connectivity index (χ1) is 14.0. The van der Waals surface area contributed by atoms with Crippen LogP contribution < -0.4 is 9.64 Å². The molecule has 0 saturated carbocycles. The maximum absolute atomic E-state index is 11.9. The van der Waals surface area contributed by atoms with E-state index in [0.717, 1.165) is 23.5 Å². The number of aromatic carboxylic acids is 1. The minimum Gasteiger partial charge on any atom is -0.508 e. The van der Waals surface area contributed by atoms with Crippen LogP contribution in [0.15, 0.2) is 60.7 Å². The summed E-state index contributed by atoms with van der Waals surface area (Å²) in [4.78, 5) is 14.0. The molecule has 4 rings (SSSR count). The highest BCUT2D eigenvalue weighted by molar-refractivity contribution is 5.98. The molecule has 0 radical (unpaired) electrons. The number of carbonyl (C=O) groups is 1. The Labute approximate surface area is 168 Å². The van der Waals surface area contributed by atoms with Gasteiger partial charge in [-0.2, -0.15) is 0 Å².